The van der Waals surface area contributed by atoms with Crippen molar-refractivity contribution >= 4 is 32.0 Å². The Morgan fingerprint density at radius 2 is 1.61 bits per heavy atom. The third kappa shape index (κ3) is 5.83. The zero-order chi connectivity index (χ0) is 19.9. The molecule has 0 saturated heterocycles. The first-order chi connectivity index (χ1) is 13.5. The van der Waals surface area contributed by atoms with E-state index in [0.717, 1.165) is 11.0 Å². The highest BCUT2D eigenvalue weighted by Crippen LogP contribution is 2.19. The van der Waals surface area contributed by atoms with E-state index in [9.17, 15) is 0 Å². The molecule has 3 heteroatoms. The van der Waals surface area contributed by atoms with Crippen LogP contribution in [0, 0.1) is 6.92 Å². The first-order valence-electron chi connectivity index (χ1n) is 10.1. The Morgan fingerprint density at radius 1 is 0.929 bits per heavy atom. The van der Waals surface area contributed by atoms with Crippen LogP contribution in [0.5, 0.6) is 0 Å². The lowest BCUT2D eigenvalue weighted by molar-refractivity contribution is 0.867. The first-order valence-corrected chi connectivity index (χ1v) is 12.6. The maximum absolute atomic E-state index is 4.71. The molecule has 0 aliphatic heterocycles. The summed E-state index contributed by atoms with van der Waals surface area (Å²) in [6.07, 6.45) is 2.01. The summed E-state index contributed by atoms with van der Waals surface area (Å²) in [6, 6.07) is 25.8. The van der Waals surface area contributed by atoms with Crippen molar-refractivity contribution in [3.63, 3.8) is 0 Å². The number of nitrogens with zero attached hydrogens (tertiary/aromatic N) is 1. The highest BCUT2D eigenvalue weighted by atomic mass is 27.2. The smallest absolute Gasteiger partial charge is 0.412 e. The Bertz CT molecular complexity index is 912. The van der Waals surface area contributed by atoms with Crippen LogP contribution < -0.4 is 4.30 Å². The van der Waals surface area contributed by atoms with Gasteiger partial charge in [-0.2, -0.15) is 0 Å². The number of rotatable bonds is 7. The van der Waals surface area contributed by atoms with Crippen molar-refractivity contribution in [3.8, 4) is 0 Å². The molecule has 142 valence electrons. The monoisotopic (exact) mass is 384 g/mol. The average molecular weight is 385 g/mol. The number of aliphatic imine (C=N–C) groups is 1. The van der Waals surface area contributed by atoms with Gasteiger partial charge in [-0.15, -0.1) is 0 Å². The van der Waals surface area contributed by atoms with Crippen LogP contribution in [0.25, 0.3) is 0 Å². The molecule has 3 aromatic rings. The van der Waals surface area contributed by atoms with Crippen molar-refractivity contribution in [2.24, 2.45) is 4.99 Å². The Hall–Kier alpha value is -2.34. The zero-order valence-electron chi connectivity index (χ0n) is 17.3. The van der Waals surface area contributed by atoms with Crippen LogP contribution in [0.1, 0.15) is 42.0 Å². The van der Waals surface area contributed by atoms with E-state index in [4.69, 9.17) is 4.99 Å². The van der Waals surface area contributed by atoms with Crippen LogP contribution in [0.3, 0.4) is 0 Å². The maximum Gasteiger partial charge on any atom is 0.412 e. The molecule has 28 heavy (non-hydrogen) atoms. The second-order valence-electron chi connectivity index (χ2n) is 7.82. The van der Waals surface area contributed by atoms with E-state index in [-0.39, 0.29) is 0 Å². The normalized spacial score (nSPS) is 11.2. The summed E-state index contributed by atoms with van der Waals surface area (Å²) in [6.45, 7) is 6.55. The Balaban J connectivity index is 1.69. The highest BCUT2D eigenvalue weighted by molar-refractivity contribution is 6.60. The lowest BCUT2D eigenvalue weighted by Crippen LogP contribution is -2.24. The molecular weight excluding hydrogens is 355 g/mol. The number of benzene rings is 3. The average Bonchev–Trinajstić information content (AvgIpc) is 2.69. The fraction of sp³-hybridized carbons (Fsp3) is 0.240. The van der Waals surface area contributed by atoms with Crippen LogP contribution in [-0.2, 0) is 5.28 Å². The van der Waals surface area contributed by atoms with Crippen LogP contribution in [0.2, 0.25) is 5.79 Å². The van der Waals surface area contributed by atoms with Gasteiger partial charge in [-0.3, -0.25) is 4.99 Å². The molecule has 0 unspecified atom stereocenters. The topological polar surface area (TPSA) is 24.4 Å². The molecule has 0 saturated carbocycles. The molecule has 3 aromatic carbocycles. The van der Waals surface area contributed by atoms with Crippen molar-refractivity contribution in [2.75, 3.05) is 4.30 Å². The van der Waals surface area contributed by atoms with E-state index < -0.39 is 14.4 Å². The summed E-state index contributed by atoms with van der Waals surface area (Å²) in [4.78, 5) is 4.71. The summed E-state index contributed by atoms with van der Waals surface area (Å²) in [7, 11) is 0. The standard InChI is InChI=1S/C17H18N.C7H8N.CH3.Al/c1-13(2)15-8-10-17(11-9-15)18-12-16-7-5-4-6-14(16)3;1-6-2-4-7(8)5-3-6;;/h4-13H,3H2,1-2H3;2-5,8H,1H3;1H3;/q;-1;;+1. The molecule has 0 amide bonds. The molecular formula is C25H29AlN2. The van der Waals surface area contributed by atoms with Gasteiger partial charge in [0.05, 0.1) is 5.69 Å². The molecule has 0 fully saturated rings. The van der Waals surface area contributed by atoms with Gasteiger partial charge in [0.2, 0.25) is 0 Å². The molecule has 0 atom stereocenters. The molecule has 0 bridgehead atoms. The van der Waals surface area contributed by atoms with Crippen LogP contribution in [0.4, 0.5) is 11.4 Å². The van der Waals surface area contributed by atoms with E-state index in [1.165, 1.54) is 27.9 Å². The molecule has 2 nitrogen and oxygen atoms in total. The third-order valence-electron chi connectivity index (χ3n) is 4.96. The predicted molar refractivity (Wildman–Crippen MR) is 124 cm³/mol. The SMILES string of the molecule is Cc1ccc([NH][Al]([CH3])[CH2]c2ccccc2C=Nc2ccc(C(C)C)cc2)cc1. The number of hydrogen-bond donors (Lipinski definition) is 1. The second kappa shape index (κ2) is 9.74. The van der Waals surface area contributed by atoms with Crippen molar-refractivity contribution in [3.05, 3.63) is 95.1 Å². The van der Waals surface area contributed by atoms with E-state index >= 15 is 0 Å². The molecule has 3 rings (SSSR count). The molecule has 0 spiro atoms. The van der Waals surface area contributed by atoms with Crippen molar-refractivity contribution in [1.29, 1.82) is 0 Å². The summed E-state index contributed by atoms with van der Waals surface area (Å²) in [5, 5.41) is 1.09. The Labute approximate surface area is 174 Å². The largest absolute Gasteiger partial charge is 0.476 e. The van der Waals surface area contributed by atoms with Gasteiger partial charge in [0.15, 0.2) is 0 Å². The fourth-order valence-corrected chi connectivity index (χ4v) is 5.15. The van der Waals surface area contributed by atoms with Gasteiger partial charge >= 0.3 is 14.4 Å². The van der Waals surface area contributed by atoms with Crippen LogP contribution in [0.15, 0.2) is 77.8 Å². The Kier molecular flexibility index (Phi) is 7.09. The lowest BCUT2D eigenvalue weighted by Gasteiger charge is -2.13. The molecule has 0 radical (unpaired) electrons. The van der Waals surface area contributed by atoms with Crippen molar-refractivity contribution in [2.45, 2.75) is 37.8 Å². The van der Waals surface area contributed by atoms with E-state index in [1.54, 1.807) is 0 Å². The lowest BCUT2D eigenvalue weighted by atomic mass is 10.0. The number of aryl methyl sites for hydroxylation is 1. The van der Waals surface area contributed by atoms with Gasteiger partial charge < -0.3 is 4.30 Å². The first kappa shape index (κ1) is 20.4. The minimum atomic E-state index is -1.13. The molecule has 0 aliphatic rings. The van der Waals surface area contributed by atoms with Gasteiger partial charge in [-0.25, -0.2) is 0 Å². The zero-order valence-corrected chi connectivity index (χ0v) is 18.5. The fourth-order valence-electron chi connectivity index (χ4n) is 3.25. The van der Waals surface area contributed by atoms with E-state index in [0.29, 0.717) is 5.92 Å². The third-order valence-corrected chi connectivity index (χ3v) is 6.84. The summed E-state index contributed by atoms with van der Waals surface area (Å²) >= 11 is -1.13. The summed E-state index contributed by atoms with van der Waals surface area (Å²) in [5.41, 5.74) is 7.44. The maximum atomic E-state index is 4.71. The molecule has 0 heterocycles. The number of anilines is 1. The quantitative estimate of drug-likeness (QED) is 0.356. The molecule has 0 aliphatic carbocycles. The Morgan fingerprint density at radius 3 is 2.29 bits per heavy atom. The predicted octanol–water partition coefficient (Wildman–Crippen LogP) is 6.68. The minimum absolute atomic E-state index is 0.547. The van der Waals surface area contributed by atoms with Crippen molar-refractivity contribution in [1.82, 2.24) is 0 Å². The van der Waals surface area contributed by atoms with Gasteiger partial charge in [-0.05, 0) is 53.5 Å². The molecule has 0 aromatic heterocycles. The minimum Gasteiger partial charge on any atom is -0.476 e. The van der Waals surface area contributed by atoms with Gasteiger partial charge in [0.1, 0.15) is 0 Å². The van der Waals surface area contributed by atoms with Gasteiger partial charge in [0, 0.05) is 11.9 Å². The van der Waals surface area contributed by atoms with E-state index in [2.05, 4.69) is 104 Å². The van der Waals surface area contributed by atoms with Gasteiger partial charge in [0.25, 0.3) is 0 Å². The molecule has 1 N–H and O–H groups in total. The summed E-state index contributed by atoms with van der Waals surface area (Å²) in [5.74, 6) is 2.91. The number of hydrogen-bond acceptors (Lipinski definition) is 2. The van der Waals surface area contributed by atoms with Gasteiger partial charge in [-0.1, -0.05) is 79.3 Å². The van der Waals surface area contributed by atoms with Crippen molar-refractivity contribution < 1.29 is 0 Å². The van der Waals surface area contributed by atoms with Crippen LogP contribution in [-0.4, -0.2) is 20.6 Å². The summed E-state index contributed by atoms with van der Waals surface area (Å²) < 4.78 is 3.73. The second-order valence-corrected chi connectivity index (χ2v) is 10.3. The number of nitrogens with one attached hydrogen (secondary N) is 1. The van der Waals surface area contributed by atoms with Crippen LogP contribution >= 0.6 is 0 Å². The highest BCUT2D eigenvalue weighted by Gasteiger charge is 2.14. The van der Waals surface area contributed by atoms with E-state index in [1.807, 2.05) is 6.21 Å².